The van der Waals surface area contributed by atoms with Gasteiger partial charge in [-0.15, -0.1) is 0 Å². The molecule has 0 radical (unpaired) electrons. The van der Waals surface area contributed by atoms with Crippen LogP contribution in [0.1, 0.15) is 33.6 Å². The Balaban J connectivity index is 2.56. The third-order valence-corrected chi connectivity index (χ3v) is 4.63. The lowest BCUT2D eigenvalue weighted by Gasteiger charge is -2.44. The number of nitrogens with one attached hydrogen (secondary N) is 1. The standard InChI is InChI=1S/C15H18BrFN2O2/c1-4-15(5-2)14(21)19(9(3)13(20)18-15)12-8-10(16)6-7-11(12)17/h6-9H,4-5H2,1-3H3,(H,18,20). The maximum absolute atomic E-state index is 14.1. The van der Waals surface area contributed by atoms with Crippen molar-refractivity contribution in [3.05, 3.63) is 28.5 Å². The van der Waals surface area contributed by atoms with Crippen LogP contribution in [0.4, 0.5) is 10.1 Å². The van der Waals surface area contributed by atoms with E-state index in [4.69, 9.17) is 0 Å². The summed E-state index contributed by atoms with van der Waals surface area (Å²) in [7, 11) is 0. The summed E-state index contributed by atoms with van der Waals surface area (Å²) in [6.07, 6.45) is 0.930. The summed E-state index contributed by atoms with van der Waals surface area (Å²) in [4.78, 5) is 26.3. The van der Waals surface area contributed by atoms with Crippen LogP contribution in [-0.2, 0) is 9.59 Å². The van der Waals surface area contributed by atoms with Gasteiger partial charge in [0.1, 0.15) is 17.4 Å². The number of halogens is 2. The first kappa shape index (κ1) is 15.9. The van der Waals surface area contributed by atoms with Crippen molar-refractivity contribution >= 4 is 33.4 Å². The highest BCUT2D eigenvalue weighted by atomic mass is 79.9. The molecule has 1 unspecified atom stereocenters. The monoisotopic (exact) mass is 356 g/mol. The molecule has 0 bridgehead atoms. The molecule has 2 amide bonds. The fourth-order valence-electron chi connectivity index (χ4n) is 2.64. The number of piperazine rings is 1. The lowest BCUT2D eigenvalue weighted by molar-refractivity contribution is -0.138. The smallest absolute Gasteiger partial charge is 0.253 e. The molecular formula is C15H18BrFN2O2. The highest BCUT2D eigenvalue weighted by molar-refractivity contribution is 9.10. The summed E-state index contributed by atoms with van der Waals surface area (Å²) < 4.78 is 14.8. The first-order valence-electron chi connectivity index (χ1n) is 6.97. The molecule has 1 heterocycles. The van der Waals surface area contributed by atoms with Gasteiger partial charge in [0.25, 0.3) is 5.91 Å². The summed E-state index contributed by atoms with van der Waals surface area (Å²) in [6.45, 7) is 5.28. The number of amides is 2. The first-order valence-corrected chi connectivity index (χ1v) is 7.76. The van der Waals surface area contributed by atoms with E-state index in [9.17, 15) is 14.0 Å². The van der Waals surface area contributed by atoms with Gasteiger partial charge < -0.3 is 5.32 Å². The van der Waals surface area contributed by atoms with Gasteiger partial charge in [0, 0.05) is 4.47 Å². The van der Waals surface area contributed by atoms with Crippen molar-refractivity contribution in [2.75, 3.05) is 4.90 Å². The fraction of sp³-hybridized carbons (Fsp3) is 0.467. The molecule has 0 spiro atoms. The summed E-state index contributed by atoms with van der Waals surface area (Å²) in [5.41, 5.74) is -0.832. The lowest BCUT2D eigenvalue weighted by atomic mass is 9.87. The van der Waals surface area contributed by atoms with Crippen LogP contribution in [0.2, 0.25) is 0 Å². The van der Waals surface area contributed by atoms with Gasteiger partial charge in [0.2, 0.25) is 5.91 Å². The topological polar surface area (TPSA) is 49.4 Å². The molecule has 1 aliphatic rings. The van der Waals surface area contributed by atoms with Gasteiger partial charge in [0.05, 0.1) is 5.69 Å². The van der Waals surface area contributed by atoms with Crippen LogP contribution in [0.25, 0.3) is 0 Å². The average molecular weight is 357 g/mol. The van der Waals surface area contributed by atoms with Crippen molar-refractivity contribution in [2.45, 2.75) is 45.2 Å². The molecule has 0 aliphatic carbocycles. The van der Waals surface area contributed by atoms with Crippen LogP contribution in [0.3, 0.4) is 0 Å². The van der Waals surface area contributed by atoms with E-state index in [1.807, 2.05) is 13.8 Å². The van der Waals surface area contributed by atoms with Crippen LogP contribution in [0.5, 0.6) is 0 Å². The van der Waals surface area contributed by atoms with E-state index in [0.29, 0.717) is 17.3 Å². The maximum Gasteiger partial charge on any atom is 0.253 e. The molecule has 2 rings (SSSR count). The Morgan fingerprint density at radius 1 is 1.33 bits per heavy atom. The van der Waals surface area contributed by atoms with E-state index in [0.717, 1.165) is 0 Å². The van der Waals surface area contributed by atoms with Gasteiger partial charge in [-0.2, -0.15) is 0 Å². The maximum atomic E-state index is 14.1. The highest BCUT2D eigenvalue weighted by Crippen LogP contribution is 2.32. The predicted octanol–water partition coefficient (Wildman–Crippen LogP) is 3.00. The number of benzene rings is 1. The normalized spacial score (nSPS) is 21.4. The quantitative estimate of drug-likeness (QED) is 0.904. The van der Waals surface area contributed by atoms with Crippen molar-refractivity contribution < 1.29 is 14.0 Å². The van der Waals surface area contributed by atoms with Gasteiger partial charge in [0.15, 0.2) is 0 Å². The molecule has 114 valence electrons. The Morgan fingerprint density at radius 2 is 1.95 bits per heavy atom. The molecule has 1 N–H and O–H groups in total. The average Bonchev–Trinajstić information content (AvgIpc) is 2.47. The van der Waals surface area contributed by atoms with Crippen LogP contribution < -0.4 is 10.2 Å². The molecule has 1 aromatic rings. The van der Waals surface area contributed by atoms with Crippen LogP contribution in [0.15, 0.2) is 22.7 Å². The Bertz CT molecular complexity index is 587. The number of hydrogen-bond acceptors (Lipinski definition) is 2. The van der Waals surface area contributed by atoms with Crippen molar-refractivity contribution in [2.24, 2.45) is 0 Å². The third kappa shape index (κ3) is 2.57. The van der Waals surface area contributed by atoms with Gasteiger partial charge in [-0.3, -0.25) is 14.5 Å². The number of carbonyl (C=O) groups excluding carboxylic acids is 2. The molecule has 1 atom stereocenters. The zero-order chi connectivity index (χ0) is 15.8. The minimum absolute atomic E-state index is 0.128. The van der Waals surface area contributed by atoms with Crippen molar-refractivity contribution in [1.82, 2.24) is 5.32 Å². The van der Waals surface area contributed by atoms with Gasteiger partial charge >= 0.3 is 0 Å². The largest absolute Gasteiger partial charge is 0.340 e. The second-order valence-corrected chi connectivity index (χ2v) is 6.14. The third-order valence-electron chi connectivity index (χ3n) is 4.13. The lowest BCUT2D eigenvalue weighted by Crippen LogP contribution is -2.69. The second kappa shape index (κ2) is 5.75. The Morgan fingerprint density at radius 3 is 2.52 bits per heavy atom. The van der Waals surface area contributed by atoms with Crippen molar-refractivity contribution in [1.29, 1.82) is 0 Å². The van der Waals surface area contributed by atoms with Crippen molar-refractivity contribution in [3.8, 4) is 0 Å². The molecule has 0 aromatic heterocycles. The number of hydrogen-bond donors (Lipinski definition) is 1. The molecule has 1 aromatic carbocycles. The Hall–Kier alpha value is -1.43. The molecule has 1 fully saturated rings. The van der Waals surface area contributed by atoms with E-state index in [2.05, 4.69) is 21.2 Å². The zero-order valence-electron chi connectivity index (χ0n) is 12.2. The second-order valence-electron chi connectivity index (χ2n) is 5.23. The van der Waals surface area contributed by atoms with Crippen molar-refractivity contribution in [3.63, 3.8) is 0 Å². The summed E-state index contributed by atoms with van der Waals surface area (Å²) >= 11 is 3.28. The first-order chi connectivity index (χ1) is 9.86. The molecule has 1 aliphatic heterocycles. The van der Waals surface area contributed by atoms with Gasteiger partial charge in [-0.25, -0.2) is 4.39 Å². The van der Waals surface area contributed by atoms with E-state index in [1.165, 1.54) is 17.0 Å². The number of rotatable bonds is 3. The SMILES string of the molecule is CCC1(CC)NC(=O)C(C)N(c2cc(Br)ccc2F)C1=O. The number of carbonyl (C=O) groups is 2. The molecule has 6 heteroatoms. The molecular weight excluding hydrogens is 339 g/mol. The fourth-order valence-corrected chi connectivity index (χ4v) is 2.98. The minimum atomic E-state index is -0.960. The van der Waals surface area contributed by atoms with Crippen LogP contribution in [0, 0.1) is 5.82 Å². The molecule has 21 heavy (non-hydrogen) atoms. The summed E-state index contributed by atoms with van der Waals surface area (Å²) in [6, 6.07) is 3.63. The number of anilines is 1. The summed E-state index contributed by atoms with van der Waals surface area (Å²) in [5, 5.41) is 2.80. The van der Waals surface area contributed by atoms with Crippen LogP contribution >= 0.6 is 15.9 Å². The molecule has 1 saturated heterocycles. The molecule has 0 saturated carbocycles. The summed E-state index contributed by atoms with van der Waals surface area (Å²) in [5.74, 6) is -1.05. The Kier molecular flexibility index (Phi) is 4.37. The van der Waals surface area contributed by atoms with E-state index in [1.54, 1.807) is 13.0 Å². The van der Waals surface area contributed by atoms with E-state index < -0.39 is 17.4 Å². The Labute approximate surface area is 131 Å². The van der Waals surface area contributed by atoms with E-state index >= 15 is 0 Å². The minimum Gasteiger partial charge on any atom is -0.340 e. The van der Waals surface area contributed by atoms with Crippen LogP contribution in [-0.4, -0.2) is 23.4 Å². The highest BCUT2D eigenvalue weighted by Gasteiger charge is 2.48. The van der Waals surface area contributed by atoms with Gasteiger partial charge in [-0.1, -0.05) is 29.8 Å². The molecule has 4 nitrogen and oxygen atoms in total. The number of nitrogens with zero attached hydrogens (tertiary/aromatic N) is 1. The predicted molar refractivity (Wildman–Crippen MR) is 82.5 cm³/mol. The van der Waals surface area contributed by atoms with Gasteiger partial charge in [-0.05, 0) is 38.0 Å². The van der Waals surface area contributed by atoms with E-state index in [-0.39, 0.29) is 17.5 Å². The zero-order valence-corrected chi connectivity index (χ0v) is 13.8.